The van der Waals surface area contributed by atoms with Crippen molar-refractivity contribution in [1.29, 1.82) is 0 Å². The van der Waals surface area contributed by atoms with E-state index in [1.54, 1.807) is 24.3 Å². The summed E-state index contributed by atoms with van der Waals surface area (Å²) in [4.78, 5) is 31.0. The van der Waals surface area contributed by atoms with Gasteiger partial charge in [-0.1, -0.05) is 0 Å². The molecule has 1 saturated heterocycles. The molecule has 0 radical (unpaired) electrons. The van der Waals surface area contributed by atoms with Gasteiger partial charge in [-0.2, -0.15) is 0 Å². The number of ether oxygens (including phenoxy) is 1. The number of nitrogens with zero attached hydrogens (tertiary/aromatic N) is 2. The van der Waals surface area contributed by atoms with Crippen LogP contribution < -0.4 is 10.6 Å². The van der Waals surface area contributed by atoms with Gasteiger partial charge in [0.15, 0.2) is 5.13 Å². The number of carbonyl (C=O) groups excluding carboxylic acids is 2. The van der Waals surface area contributed by atoms with Gasteiger partial charge in [0.1, 0.15) is 0 Å². The van der Waals surface area contributed by atoms with Crippen LogP contribution in [0.15, 0.2) is 29.6 Å². The maximum Gasteiger partial charge on any atom is 0.257 e. The number of aromatic nitrogens is 1. The van der Waals surface area contributed by atoms with Gasteiger partial charge >= 0.3 is 0 Å². The largest absolute Gasteiger partial charge is 0.379 e. The molecule has 2 aromatic rings. The molecule has 27 heavy (non-hydrogen) atoms. The molecule has 0 atom stereocenters. The van der Waals surface area contributed by atoms with Gasteiger partial charge in [0.2, 0.25) is 5.91 Å². The van der Waals surface area contributed by atoms with Crippen molar-refractivity contribution in [2.24, 2.45) is 5.92 Å². The van der Waals surface area contributed by atoms with Crippen molar-refractivity contribution in [2.45, 2.75) is 19.4 Å². The highest BCUT2D eigenvalue weighted by atomic mass is 32.1. The van der Waals surface area contributed by atoms with Crippen LogP contribution in [0.3, 0.4) is 0 Å². The number of hydrogen-bond donors (Lipinski definition) is 2. The lowest BCUT2D eigenvalue weighted by Crippen LogP contribution is -2.35. The van der Waals surface area contributed by atoms with Crippen molar-refractivity contribution in [3.05, 3.63) is 40.9 Å². The molecule has 4 rings (SSSR count). The quantitative estimate of drug-likeness (QED) is 0.797. The van der Waals surface area contributed by atoms with E-state index >= 15 is 0 Å². The molecule has 0 bridgehead atoms. The minimum absolute atomic E-state index is 0.0581. The average molecular weight is 386 g/mol. The predicted molar refractivity (Wildman–Crippen MR) is 104 cm³/mol. The fraction of sp³-hybridized carbons (Fsp3) is 0.421. The van der Waals surface area contributed by atoms with Crippen molar-refractivity contribution in [1.82, 2.24) is 9.88 Å². The molecule has 1 aromatic heterocycles. The van der Waals surface area contributed by atoms with Crippen molar-refractivity contribution in [3.63, 3.8) is 0 Å². The zero-order valence-corrected chi connectivity index (χ0v) is 15.8. The van der Waals surface area contributed by atoms with Crippen molar-refractivity contribution >= 4 is 34.0 Å². The summed E-state index contributed by atoms with van der Waals surface area (Å²) in [6.07, 6.45) is 1.93. The summed E-state index contributed by atoms with van der Waals surface area (Å²) in [7, 11) is 0. The first-order valence-electron chi connectivity index (χ1n) is 9.14. The fourth-order valence-corrected chi connectivity index (χ4v) is 3.59. The van der Waals surface area contributed by atoms with Gasteiger partial charge in [-0.05, 0) is 37.1 Å². The van der Waals surface area contributed by atoms with E-state index in [1.165, 1.54) is 11.3 Å². The van der Waals surface area contributed by atoms with Crippen LogP contribution in [0.2, 0.25) is 0 Å². The number of rotatable bonds is 6. The molecule has 1 saturated carbocycles. The number of amides is 2. The second kappa shape index (κ2) is 8.16. The highest BCUT2D eigenvalue weighted by Gasteiger charge is 2.29. The molecule has 2 N–H and O–H groups in total. The van der Waals surface area contributed by atoms with E-state index < -0.39 is 0 Å². The zero-order valence-electron chi connectivity index (χ0n) is 14.9. The molecule has 1 aromatic carbocycles. The Morgan fingerprint density at radius 3 is 2.59 bits per heavy atom. The normalized spacial score (nSPS) is 17.5. The third-order valence-electron chi connectivity index (χ3n) is 4.62. The van der Waals surface area contributed by atoms with Gasteiger partial charge in [0.25, 0.3) is 5.91 Å². The average Bonchev–Trinajstić information content (AvgIpc) is 3.45. The number of thiazole rings is 1. The Balaban J connectivity index is 1.31. The van der Waals surface area contributed by atoms with Crippen LogP contribution in [0.1, 0.15) is 28.9 Å². The Bertz CT molecular complexity index is 811. The van der Waals surface area contributed by atoms with E-state index in [2.05, 4.69) is 20.5 Å². The number of benzene rings is 1. The highest BCUT2D eigenvalue weighted by Crippen LogP contribution is 2.30. The molecule has 2 fully saturated rings. The Hall–Kier alpha value is -2.29. The molecule has 142 valence electrons. The van der Waals surface area contributed by atoms with Crippen molar-refractivity contribution < 1.29 is 14.3 Å². The van der Waals surface area contributed by atoms with Gasteiger partial charge in [0, 0.05) is 42.2 Å². The smallest absolute Gasteiger partial charge is 0.257 e. The second-order valence-electron chi connectivity index (χ2n) is 6.83. The van der Waals surface area contributed by atoms with Crippen molar-refractivity contribution in [3.8, 4) is 0 Å². The lowest BCUT2D eigenvalue weighted by molar-refractivity contribution is -0.117. The molecule has 0 spiro atoms. The maximum absolute atomic E-state index is 12.4. The van der Waals surface area contributed by atoms with Crippen LogP contribution in [0.25, 0.3) is 0 Å². The highest BCUT2D eigenvalue weighted by molar-refractivity contribution is 7.13. The standard InChI is InChI=1S/C19H22N4O3S/c24-17(13-1-2-13)20-15-5-3-14(4-6-15)18(25)22-19-21-16(12-27-19)11-23-7-9-26-10-8-23/h3-6,12-13H,1-2,7-11H2,(H,20,24)(H,21,22,25). The first kappa shape index (κ1) is 18.1. The van der Waals surface area contributed by atoms with Gasteiger partial charge in [-0.15, -0.1) is 11.3 Å². The van der Waals surface area contributed by atoms with Crippen LogP contribution in [0.5, 0.6) is 0 Å². The molecule has 7 nitrogen and oxygen atoms in total. The molecular weight excluding hydrogens is 364 g/mol. The summed E-state index contributed by atoms with van der Waals surface area (Å²) < 4.78 is 5.35. The lowest BCUT2D eigenvalue weighted by Gasteiger charge is -2.25. The van der Waals surface area contributed by atoms with Crippen LogP contribution in [0.4, 0.5) is 10.8 Å². The number of hydrogen-bond acceptors (Lipinski definition) is 6. The third kappa shape index (κ3) is 4.91. The molecular formula is C19H22N4O3S. The van der Waals surface area contributed by atoms with E-state index in [1.807, 2.05) is 5.38 Å². The fourth-order valence-electron chi connectivity index (χ4n) is 2.89. The molecule has 8 heteroatoms. The van der Waals surface area contributed by atoms with Crippen LogP contribution in [0, 0.1) is 5.92 Å². The summed E-state index contributed by atoms with van der Waals surface area (Å²) in [5.74, 6) is 0.00895. The van der Waals surface area contributed by atoms with E-state index in [0.717, 1.165) is 51.4 Å². The van der Waals surface area contributed by atoms with E-state index in [0.29, 0.717) is 16.4 Å². The summed E-state index contributed by atoms with van der Waals surface area (Å²) >= 11 is 1.42. The lowest BCUT2D eigenvalue weighted by atomic mass is 10.2. The molecule has 1 aliphatic heterocycles. The maximum atomic E-state index is 12.4. The SMILES string of the molecule is O=C(Nc1nc(CN2CCOCC2)cs1)c1ccc(NC(=O)C2CC2)cc1. The number of nitrogens with one attached hydrogen (secondary N) is 2. The van der Waals surface area contributed by atoms with Gasteiger partial charge in [-0.25, -0.2) is 4.98 Å². The second-order valence-corrected chi connectivity index (χ2v) is 7.69. The van der Waals surface area contributed by atoms with Crippen molar-refractivity contribution in [2.75, 3.05) is 36.9 Å². The van der Waals surface area contributed by atoms with E-state index in [9.17, 15) is 9.59 Å². The zero-order chi connectivity index (χ0) is 18.6. The third-order valence-corrected chi connectivity index (χ3v) is 5.43. The van der Waals surface area contributed by atoms with Gasteiger partial charge in [0.05, 0.1) is 18.9 Å². The summed E-state index contributed by atoms with van der Waals surface area (Å²) in [5, 5.41) is 8.28. The Morgan fingerprint density at radius 1 is 1.15 bits per heavy atom. The van der Waals surface area contributed by atoms with Crippen LogP contribution >= 0.6 is 11.3 Å². The Morgan fingerprint density at radius 2 is 1.89 bits per heavy atom. The first-order chi connectivity index (χ1) is 13.2. The topological polar surface area (TPSA) is 83.6 Å². The number of morpholine rings is 1. The summed E-state index contributed by atoms with van der Waals surface area (Å²) in [5.41, 5.74) is 2.20. The first-order valence-corrected chi connectivity index (χ1v) is 10.0. The Labute approximate surface area is 161 Å². The van der Waals surface area contributed by atoms with E-state index in [-0.39, 0.29) is 17.7 Å². The number of carbonyl (C=O) groups is 2. The van der Waals surface area contributed by atoms with Gasteiger partial charge < -0.3 is 10.1 Å². The molecule has 0 unspecified atom stereocenters. The minimum Gasteiger partial charge on any atom is -0.379 e. The van der Waals surface area contributed by atoms with Gasteiger partial charge in [-0.3, -0.25) is 19.8 Å². The summed E-state index contributed by atoms with van der Waals surface area (Å²) in [6.45, 7) is 4.09. The molecule has 2 amide bonds. The Kier molecular flexibility index (Phi) is 5.47. The van der Waals surface area contributed by atoms with Crippen LogP contribution in [-0.4, -0.2) is 48.0 Å². The molecule has 2 heterocycles. The number of anilines is 2. The van der Waals surface area contributed by atoms with Crippen LogP contribution in [-0.2, 0) is 16.1 Å². The van der Waals surface area contributed by atoms with E-state index in [4.69, 9.17) is 4.74 Å². The minimum atomic E-state index is -0.206. The predicted octanol–water partition coefficient (Wildman–Crippen LogP) is 2.58. The molecule has 1 aliphatic carbocycles. The summed E-state index contributed by atoms with van der Waals surface area (Å²) in [6, 6.07) is 6.92. The molecule has 2 aliphatic rings. The monoisotopic (exact) mass is 386 g/mol.